The highest BCUT2D eigenvalue weighted by Crippen LogP contribution is 2.36. The number of para-hydroxylation sites is 1. The van der Waals surface area contributed by atoms with E-state index in [2.05, 4.69) is 9.47 Å². The molecule has 0 spiro atoms. The number of hydrogen-bond acceptors (Lipinski definition) is 7. The average molecular weight is 417 g/mol. The predicted octanol–water partition coefficient (Wildman–Crippen LogP) is 2.71. The van der Waals surface area contributed by atoms with E-state index >= 15 is 0 Å². The normalized spacial score (nSPS) is 13.7. The van der Waals surface area contributed by atoms with Crippen LogP contribution in [0.15, 0.2) is 41.3 Å². The summed E-state index contributed by atoms with van der Waals surface area (Å²) in [5.41, 5.74) is -0.636. The van der Waals surface area contributed by atoms with E-state index in [1.165, 1.54) is 13.2 Å². The third kappa shape index (κ3) is 3.71. The number of cyclic esters (lactones) is 2. The van der Waals surface area contributed by atoms with E-state index in [1.54, 1.807) is 0 Å². The van der Waals surface area contributed by atoms with Gasteiger partial charge in [0, 0.05) is 0 Å². The van der Waals surface area contributed by atoms with Crippen LogP contribution >= 0.6 is 0 Å². The molecule has 0 aromatic heterocycles. The van der Waals surface area contributed by atoms with Gasteiger partial charge in [0.15, 0.2) is 0 Å². The van der Waals surface area contributed by atoms with Gasteiger partial charge in [-0.15, -0.1) is 13.2 Å². The van der Waals surface area contributed by atoms with E-state index in [-0.39, 0.29) is 22.6 Å². The number of sulfonamides is 1. The topological polar surface area (TPSA) is 108 Å². The number of carbonyl (C=O) groups excluding carboxylic acids is 2. The minimum absolute atomic E-state index is 0.134. The molecule has 0 amide bonds. The molecule has 1 N–H and O–H groups in total. The molecule has 0 unspecified atom stereocenters. The Morgan fingerprint density at radius 3 is 2.21 bits per heavy atom. The maximum atomic E-state index is 12.6. The first kappa shape index (κ1) is 19.5. The number of methoxy groups -OCH3 is 1. The zero-order valence-electron chi connectivity index (χ0n) is 13.9. The molecule has 2 aromatic rings. The number of carbonyl (C=O) groups is 2. The highest BCUT2D eigenvalue weighted by Gasteiger charge is 2.35. The number of benzene rings is 2. The number of hydrogen-bond donors (Lipinski definition) is 1. The monoisotopic (exact) mass is 417 g/mol. The molecule has 0 bridgehead atoms. The molecule has 0 saturated heterocycles. The molecule has 1 aliphatic heterocycles. The molecule has 1 aliphatic rings. The first-order valence-electron chi connectivity index (χ1n) is 7.38. The number of fused-ring (bicyclic) bond motifs is 1. The molecule has 0 aliphatic carbocycles. The molecule has 2 aromatic carbocycles. The molecule has 28 heavy (non-hydrogen) atoms. The summed E-state index contributed by atoms with van der Waals surface area (Å²) < 4.78 is 78.1. The van der Waals surface area contributed by atoms with Crippen molar-refractivity contribution in [3.05, 3.63) is 47.5 Å². The fourth-order valence-electron chi connectivity index (χ4n) is 2.44. The second-order valence-corrected chi connectivity index (χ2v) is 7.03. The Morgan fingerprint density at radius 1 is 1.00 bits per heavy atom. The molecular weight excluding hydrogens is 407 g/mol. The third-order valence-corrected chi connectivity index (χ3v) is 4.98. The van der Waals surface area contributed by atoms with Crippen LogP contribution in [0.3, 0.4) is 0 Å². The smallest absolute Gasteiger partial charge is 0.495 e. The third-order valence-electron chi connectivity index (χ3n) is 3.57. The van der Waals surface area contributed by atoms with Crippen molar-refractivity contribution >= 4 is 27.6 Å². The summed E-state index contributed by atoms with van der Waals surface area (Å²) in [6.45, 7) is 0. The van der Waals surface area contributed by atoms with E-state index in [1.807, 2.05) is 4.72 Å². The minimum atomic E-state index is -5.11. The van der Waals surface area contributed by atoms with Crippen molar-refractivity contribution in [2.45, 2.75) is 11.3 Å². The van der Waals surface area contributed by atoms with Crippen LogP contribution < -0.4 is 14.2 Å². The first-order chi connectivity index (χ1) is 13.0. The molecule has 3 rings (SSSR count). The van der Waals surface area contributed by atoms with Crippen molar-refractivity contribution in [1.82, 2.24) is 0 Å². The summed E-state index contributed by atoms with van der Waals surface area (Å²) in [7, 11) is -3.42. The van der Waals surface area contributed by atoms with Gasteiger partial charge in [0.1, 0.15) is 16.4 Å². The van der Waals surface area contributed by atoms with E-state index < -0.39 is 39.0 Å². The van der Waals surface area contributed by atoms with Crippen LogP contribution in [0.5, 0.6) is 11.5 Å². The molecule has 148 valence electrons. The first-order valence-corrected chi connectivity index (χ1v) is 8.86. The lowest BCUT2D eigenvalue weighted by atomic mass is 10.1. The Bertz CT molecular complexity index is 1080. The Morgan fingerprint density at radius 2 is 1.61 bits per heavy atom. The summed E-state index contributed by atoms with van der Waals surface area (Å²) >= 11 is 0. The van der Waals surface area contributed by atoms with E-state index in [0.717, 1.165) is 30.3 Å². The van der Waals surface area contributed by atoms with Gasteiger partial charge in [-0.3, -0.25) is 4.72 Å². The standard InChI is InChI=1S/C16H10F3NO7S/c1-25-12-7-9-8(14(21)26-15(9)22)6-10(12)20-28(23,24)13-5-3-2-4-11(13)27-16(17,18)19/h2-7,20H,1H3. The summed E-state index contributed by atoms with van der Waals surface area (Å²) in [6, 6.07) is 6.18. The van der Waals surface area contributed by atoms with Crippen LogP contribution in [0.4, 0.5) is 18.9 Å². The van der Waals surface area contributed by atoms with Crippen LogP contribution in [-0.2, 0) is 14.8 Å². The van der Waals surface area contributed by atoms with Crippen LogP contribution in [-0.4, -0.2) is 33.8 Å². The van der Waals surface area contributed by atoms with Crippen molar-refractivity contribution in [2.24, 2.45) is 0 Å². The van der Waals surface area contributed by atoms with Crippen molar-refractivity contribution in [2.75, 3.05) is 11.8 Å². The lowest BCUT2D eigenvalue weighted by Gasteiger charge is -2.16. The van der Waals surface area contributed by atoms with Gasteiger partial charge in [0.25, 0.3) is 10.0 Å². The quantitative estimate of drug-likeness (QED) is 0.589. The predicted molar refractivity (Wildman–Crippen MR) is 86.7 cm³/mol. The Balaban J connectivity index is 2.04. The van der Waals surface area contributed by atoms with Gasteiger partial charge in [-0.05, 0) is 24.3 Å². The molecule has 8 nitrogen and oxygen atoms in total. The minimum Gasteiger partial charge on any atom is -0.495 e. The van der Waals surface area contributed by atoms with Crippen molar-refractivity contribution in [3.8, 4) is 11.5 Å². The SMILES string of the molecule is COc1cc2c(cc1NS(=O)(=O)c1ccccc1OC(F)(F)F)C(=O)OC2=O. The summed E-state index contributed by atoms with van der Waals surface area (Å²) in [5, 5.41) is 0. The van der Waals surface area contributed by atoms with Crippen molar-refractivity contribution in [1.29, 1.82) is 0 Å². The molecule has 0 atom stereocenters. The molecular formula is C16H10F3NO7S. The maximum Gasteiger partial charge on any atom is 0.573 e. The van der Waals surface area contributed by atoms with Crippen LogP contribution in [0, 0.1) is 0 Å². The lowest BCUT2D eigenvalue weighted by Crippen LogP contribution is -2.21. The second kappa shape index (κ2) is 6.71. The van der Waals surface area contributed by atoms with Crippen molar-refractivity contribution in [3.63, 3.8) is 0 Å². The van der Waals surface area contributed by atoms with Gasteiger partial charge in [0.2, 0.25) is 0 Å². The fraction of sp³-hybridized carbons (Fsp3) is 0.125. The van der Waals surface area contributed by atoms with Gasteiger partial charge in [-0.2, -0.15) is 0 Å². The average Bonchev–Trinajstić information content (AvgIpc) is 2.86. The molecule has 0 saturated carbocycles. The fourth-order valence-corrected chi connectivity index (χ4v) is 3.63. The summed E-state index contributed by atoms with van der Waals surface area (Å²) in [4.78, 5) is 22.4. The lowest BCUT2D eigenvalue weighted by molar-refractivity contribution is -0.275. The zero-order valence-corrected chi connectivity index (χ0v) is 14.7. The molecule has 0 fully saturated rings. The number of halogens is 3. The number of esters is 2. The van der Waals surface area contributed by atoms with Gasteiger partial charge in [-0.1, -0.05) is 12.1 Å². The molecule has 0 radical (unpaired) electrons. The van der Waals surface area contributed by atoms with E-state index in [9.17, 15) is 31.2 Å². The van der Waals surface area contributed by atoms with Gasteiger partial charge in [-0.25, -0.2) is 18.0 Å². The Hall–Kier alpha value is -3.28. The number of nitrogens with one attached hydrogen (secondary N) is 1. The van der Waals surface area contributed by atoms with E-state index in [4.69, 9.17) is 4.74 Å². The molecule has 1 heterocycles. The number of ether oxygens (including phenoxy) is 3. The van der Waals surface area contributed by atoms with Gasteiger partial charge < -0.3 is 14.2 Å². The number of alkyl halides is 3. The van der Waals surface area contributed by atoms with Gasteiger partial charge in [0.05, 0.1) is 23.9 Å². The molecule has 12 heteroatoms. The number of rotatable bonds is 5. The Labute approximate surface area is 155 Å². The maximum absolute atomic E-state index is 12.6. The van der Waals surface area contributed by atoms with Crippen LogP contribution in [0.2, 0.25) is 0 Å². The van der Waals surface area contributed by atoms with Crippen LogP contribution in [0.25, 0.3) is 0 Å². The summed E-state index contributed by atoms with van der Waals surface area (Å²) in [5.74, 6) is -3.03. The highest BCUT2D eigenvalue weighted by atomic mass is 32.2. The second-order valence-electron chi connectivity index (χ2n) is 5.38. The van der Waals surface area contributed by atoms with Crippen molar-refractivity contribution < 1.29 is 45.4 Å². The largest absolute Gasteiger partial charge is 0.573 e. The number of anilines is 1. The van der Waals surface area contributed by atoms with Crippen LogP contribution in [0.1, 0.15) is 20.7 Å². The zero-order chi connectivity index (χ0) is 20.7. The summed E-state index contributed by atoms with van der Waals surface area (Å²) in [6.07, 6.45) is -5.11. The Kier molecular flexibility index (Phi) is 4.67. The van der Waals surface area contributed by atoms with E-state index in [0.29, 0.717) is 0 Å². The van der Waals surface area contributed by atoms with Gasteiger partial charge >= 0.3 is 18.3 Å². The highest BCUT2D eigenvalue weighted by molar-refractivity contribution is 7.92.